The molecule has 1 amide bonds. The van der Waals surface area contributed by atoms with Crippen LogP contribution in [0.1, 0.15) is 24.2 Å². The van der Waals surface area contributed by atoms with Gasteiger partial charge < -0.3 is 10.1 Å². The highest BCUT2D eigenvalue weighted by Gasteiger charge is 2.16. The molecule has 1 aromatic rings. The highest BCUT2D eigenvalue weighted by Crippen LogP contribution is 2.14. The van der Waals surface area contributed by atoms with E-state index in [9.17, 15) is 4.79 Å². The number of rotatable bonds is 5. The number of nitrogens with zero attached hydrogens (tertiary/aromatic N) is 2. The van der Waals surface area contributed by atoms with Gasteiger partial charge in [-0.3, -0.25) is 4.79 Å². The lowest BCUT2D eigenvalue weighted by atomic mass is 10.2. The number of carbonyl (C=O) groups is 1. The van der Waals surface area contributed by atoms with Gasteiger partial charge in [0.2, 0.25) is 5.91 Å². The molecule has 6 heteroatoms. The quantitative estimate of drug-likeness (QED) is 0.654. The zero-order valence-corrected chi connectivity index (χ0v) is 12.1. The van der Waals surface area contributed by atoms with Gasteiger partial charge in [-0.25, -0.2) is 9.97 Å². The molecule has 0 radical (unpaired) electrons. The maximum atomic E-state index is 11.7. The minimum absolute atomic E-state index is 0.00302. The number of amides is 1. The number of aromatic nitrogens is 2. The molecule has 1 atom stereocenters. The summed E-state index contributed by atoms with van der Waals surface area (Å²) in [6.45, 7) is 5.27. The topological polar surface area (TPSA) is 64.1 Å². The van der Waals surface area contributed by atoms with Crippen molar-refractivity contribution in [2.24, 2.45) is 0 Å². The molecule has 1 aliphatic heterocycles. The van der Waals surface area contributed by atoms with Crippen LogP contribution in [0.3, 0.4) is 0 Å². The molecule has 1 N–H and O–H groups in total. The highest BCUT2D eigenvalue weighted by atomic mass is 32.2. The number of aryl methyl sites for hydroxylation is 2. The Morgan fingerprint density at radius 1 is 1.47 bits per heavy atom. The second-order valence-electron chi connectivity index (χ2n) is 4.66. The molecule has 0 aromatic carbocycles. The summed E-state index contributed by atoms with van der Waals surface area (Å²) in [6.07, 6.45) is 2.31. The van der Waals surface area contributed by atoms with Crippen molar-refractivity contribution in [1.29, 1.82) is 0 Å². The van der Waals surface area contributed by atoms with Crippen molar-refractivity contribution in [3.05, 3.63) is 17.5 Å². The molecule has 1 aromatic heterocycles. The molecule has 0 aliphatic carbocycles. The first-order chi connectivity index (χ1) is 9.13. The van der Waals surface area contributed by atoms with Crippen LogP contribution in [-0.4, -0.2) is 40.9 Å². The van der Waals surface area contributed by atoms with Gasteiger partial charge in [-0.15, -0.1) is 0 Å². The van der Waals surface area contributed by atoms with E-state index in [-0.39, 0.29) is 12.0 Å². The summed E-state index contributed by atoms with van der Waals surface area (Å²) in [5.41, 5.74) is 1.85. The summed E-state index contributed by atoms with van der Waals surface area (Å²) in [5.74, 6) is 0.346. The van der Waals surface area contributed by atoms with Crippen LogP contribution in [0.5, 0.6) is 0 Å². The Morgan fingerprint density at radius 3 is 2.84 bits per heavy atom. The van der Waals surface area contributed by atoms with Crippen LogP contribution in [0.4, 0.5) is 0 Å². The first-order valence-corrected chi connectivity index (χ1v) is 7.45. The zero-order valence-electron chi connectivity index (χ0n) is 11.3. The summed E-state index contributed by atoms with van der Waals surface area (Å²) in [5, 5.41) is 3.54. The maximum Gasteiger partial charge on any atom is 0.230 e. The molecular formula is C13H19N3O2S. The Bertz CT molecular complexity index is 427. The zero-order chi connectivity index (χ0) is 13.7. The monoisotopic (exact) mass is 281 g/mol. The smallest absolute Gasteiger partial charge is 0.230 e. The first kappa shape index (κ1) is 14.3. The fourth-order valence-electron chi connectivity index (χ4n) is 1.97. The third-order valence-electron chi connectivity index (χ3n) is 2.85. The van der Waals surface area contributed by atoms with Gasteiger partial charge in [-0.1, -0.05) is 11.8 Å². The van der Waals surface area contributed by atoms with E-state index < -0.39 is 0 Å². The van der Waals surface area contributed by atoms with Gasteiger partial charge in [0.15, 0.2) is 5.16 Å². The van der Waals surface area contributed by atoms with Crippen LogP contribution in [0, 0.1) is 13.8 Å². The Labute approximate surface area is 117 Å². The summed E-state index contributed by atoms with van der Waals surface area (Å²) >= 11 is 1.36. The molecule has 2 heterocycles. The molecule has 1 aliphatic rings. The van der Waals surface area contributed by atoms with Gasteiger partial charge in [0, 0.05) is 24.5 Å². The predicted molar refractivity (Wildman–Crippen MR) is 74.2 cm³/mol. The molecular weight excluding hydrogens is 262 g/mol. The van der Waals surface area contributed by atoms with Crippen LogP contribution in [-0.2, 0) is 9.53 Å². The minimum atomic E-state index is 0.00302. The van der Waals surface area contributed by atoms with Crippen LogP contribution in [0.15, 0.2) is 11.2 Å². The predicted octanol–water partition coefficient (Wildman–Crippen LogP) is 1.48. The van der Waals surface area contributed by atoms with E-state index in [0.29, 0.717) is 17.5 Å². The van der Waals surface area contributed by atoms with Crippen molar-refractivity contribution in [2.45, 2.75) is 37.9 Å². The fourth-order valence-corrected chi connectivity index (χ4v) is 2.75. The molecule has 0 bridgehead atoms. The van der Waals surface area contributed by atoms with Crippen molar-refractivity contribution in [3.63, 3.8) is 0 Å². The standard InChI is InChI=1S/C13H19N3O2S/c1-9-6-10(2)16-13(15-9)19-8-12(17)14-7-11-4-3-5-18-11/h6,11H,3-5,7-8H2,1-2H3,(H,14,17). The second-order valence-corrected chi connectivity index (χ2v) is 5.60. The summed E-state index contributed by atoms with van der Waals surface area (Å²) in [7, 11) is 0. The number of hydrogen-bond donors (Lipinski definition) is 1. The van der Waals surface area contributed by atoms with Crippen LogP contribution in [0.2, 0.25) is 0 Å². The van der Waals surface area contributed by atoms with E-state index in [0.717, 1.165) is 30.8 Å². The van der Waals surface area contributed by atoms with E-state index in [1.807, 2.05) is 19.9 Å². The molecule has 2 rings (SSSR count). The number of thioether (sulfide) groups is 1. The lowest BCUT2D eigenvalue weighted by molar-refractivity contribution is -0.119. The molecule has 5 nitrogen and oxygen atoms in total. The van der Waals surface area contributed by atoms with Crippen molar-refractivity contribution < 1.29 is 9.53 Å². The van der Waals surface area contributed by atoms with E-state index in [4.69, 9.17) is 4.74 Å². The molecule has 1 unspecified atom stereocenters. The van der Waals surface area contributed by atoms with E-state index in [1.165, 1.54) is 11.8 Å². The lowest BCUT2D eigenvalue weighted by Crippen LogP contribution is -2.32. The summed E-state index contributed by atoms with van der Waals surface area (Å²) in [4.78, 5) is 20.3. The fraction of sp³-hybridized carbons (Fsp3) is 0.615. The van der Waals surface area contributed by atoms with E-state index in [2.05, 4.69) is 15.3 Å². The molecule has 19 heavy (non-hydrogen) atoms. The lowest BCUT2D eigenvalue weighted by Gasteiger charge is -2.10. The molecule has 0 spiro atoms. The number of carbonyl (C=O) groups excluding carboxylic acids is 1. The number of hydrogen-bond acceptors (Lipinski definition) is 5. The normalized spacial score (nSPS) is 18.5. The second kappa shape index (κ2) is 6.86. The summed E-state index contributed by atoms with van der Waals surface area (Å²) < 4.78 is 5.45. The van der Waals surface area contributed by atoms with Crippen LogP contribution < -0.4 is 5.32 Å². The average molecular weight is 281 g/mol. The molecule has 0 saturated carbocycles. The van der Waals surface area contributed by atoms with Gasteiger partial charge in [0.1, 0.15) is 0 Å². The Balaban J connectivity index is 1.73. The van der Waals surface area contributed by atoms with Crippen molar-refractivity contribution >= 4 is 17.7 Å². The highest BCUT2D eigenvalue weighted by molar-refractivity contribution is 7.99. The molecule has 1 saturated heterocycles. The number of ether oxygens (including phenoxy) is 1. The average Bonchev–Trinajstić information content (AvgIpc) is 2.86. The van der Waals surface area contributed by atoms with Gasteiger partial charge in [-0.05, 0) is 32.8 Å². The Morgan fingerprint density at radius 2 is 2.21 bits per heavy atom. The third kappa shape index (κ3) is 4.80. The van der Waals surface area contributed by atoms with E-state index in [1.54, 1.807) is 0 Å². The van der Waals surface area contributed by atoms with Gasteiger partial charge in [0.25, 0.3) is 0 Å². The Kier molecular flexibility index (Phi) is 5.15. The first-order valence-electron chi connectivity index (χ1n) is 6.47. The van der Waals surface area contributed by atoms with Crippen molar-refractivity contribution in [1.82, 2.24) is 15.3 Å². The van der Waals surface area contributed by atoms with Crippen LogP contribution >= 0.6 is 11.8 Å². The van der Waals surface area contributed by atoms with Gasteiger partial charge in [0.05, 0.1) is 11.9 Å². The summed E-state index contributed by atoms with van der Waals surface area (Å²) in [6, 6.07) is 1.92. The largest absolute Gasteiger partial charge is 0.376 e. The molecule has 1 fully saturated rings. The number of nitrogens with one attached hydrogen (secondary N) is 1. The van der Waals surface area contributed by atoms with Crippen molar-refractivity contribution in [2.75, 3.05) is 18.9 Å². The van der Waals surface area contributed by atoms with Crippen molar-refractivity contribution in [3.8, 4) is 0 Å². The SMILES string of the molecule is Cc1cc(C)nc(SCC(=O)NCC2CCCO2)n1. The third-order valence-corrected chi connectivity index (χ3v) is 3.69. The Hall–Kier alpha value is -1.14. The van der Waals surface area contributed by atoms with Gasteiger partial charge >= 0.3 is 0 Å². The minimum Gasteiger partial charge on any atom is -0.376 e. The molecule has 104 valence electrons. The van der Waals surface area contributed by atoms with Gasteiger partial charge in [-0.2, -0.15) is 0 Å². The van der Waals surface area contributed by atoms with Crippen LogP contribution in [0.25, 0.3) is 0 Å². The maximum absolute atomic E-state index is 11.7. The van der Waals surface area contributed by atoms with E-state index >= 15 is 0 Å².